The molecule has 0 bridgehead atoms. The van der Waals surface area contributed by atoms with Gasteiger partial charge < -0.3 is 5.32 Å². The van der Waals surface area contributed by atoms with Crippen LogP contribution in [-0.2, 0) is 6.42 Å². The number of benzene rings is 2. The lowest BCUT2D eigenvalue weighted by molar-refractivity contribution is 0.520. The smallest absolute Gasteiger partial charge is 0.142 e. The fourth-order valence-corrected chi connectivity index (χ4v) is 2.17. The van der Waals surface area contributed by atoms with Gasteiger partial charge in [-0.15, -0.1) is 0 Å². The van der Waals surface area contributed by atoms with Crippen molar-refractivity contribution in [3.05, 3.63) is 70.0 Å². The second-order valence-electron chi connectivity index (χ2n) is 4.46. The predicted octanol–water partition coefficient (Wildman–Crippen LogP) is 4.26. The van der Waals surface area contributed by atoms with Crippen molar-refractivity contribution in [1.29, 1.82) is 0 Å². The maximum Gasteiger partial charge on any atom is 0.142 e. The van der Waals surface area contributed by atoms with E-state index in [-0.39, 0.29) is 11.1 Å². The third kappa shape index (κ3) is 3.32. The first-order valence-corrected chi connectivity index (χ1v) is 6.45. The first-order chi connectivity index (χ1) is 9.51. The summed E-state index contributed by atoms with van der Waals surface area (Å²) in [5.41, 5.74) is 1.01. The predicted molar refractivity (Wildman–Crippen MR) is 73.3 cm³/mol. The SMILES string of the molecule is CNC(Cc1ccc(Cl)c(F)c1)c1ccc(F)cc1F. The standard InChI is InChI=1S/C15H13ClF3N/c1-20-15(11-4-3-10(17)8-13(11)18)7-9-2-5-12(16)14(19)6-9/h2-6,8,15,20H,7H2,1H3. The molecule has 5 heteroatoms. The average molecular weight is 300 g/mol. The Balaban J connectivity index is 2.26. The summed E-state index contributed by atoms with van der Waals surface area (Å²) in [6.07, 6.45) is 0.368. The Morgan fingerprint density at radius 3 is 2.40 bits per heavy atom. The second-order valence-corrected chi connectivity index (χ2v) is 4.87. The number of rotatable bonds is 4. The molecule has 0 aliphatic carbocycles. The maximum atomic E-state index is 13.8. The summed E-state index contributed by atoms with van der Waals surface area (Å²) < 4.78 is 40.1. The van der Waals surface area contributed by atoms with E-state index in [0.717, 1.165) is 6.07 Å². The van der Waals surface area contributed by atoms with Crippen molar-refractivity contribution in [1.82, 2.24) is 5.32 Å². The van der Waals surface area contributed by atoms with Crippen LogP contribution < -0.4 is 5.32 Å². The molecule has 0 radical (unpaired) electrons. The van der Waals surface area contributed by atoms with Gasteiger partial charge in [-0.05, 0) is 37.2 Å². The van der Waals surface area contributed by atoms with Gasteiger partial charge in [0.2, 0.25) is 0 Å². The lowest BCUT2D eigenvalue weighted by atomic mass is 9.98. The fourth-order valence-electron chi connectivity index (χ4n) is 2.05. The van der Waals surface area contributed by atoms with Crippen molar-refractivity contribution in [2.75, 3.05) is 7.05 Å². The van der Waals surface area contributed by atoms with Gasteiger partial charge >= 0.3 is 0 Å². The van der Waals surface area contributed by atoms with Gasteiger partial charge in [0.15, 0.2) is 0 Å². The summed E-state index contributed by atoms with van der Waals surface area (Å²) in [6.45, 7) is 0. The van der Waals surface area contributed by atoms with Crippen LogP contribution in [0.5, 0.6) is 0 Å². The highest BCUT2D eigenvalue weighted by Gasteiger charge is 2.16. The molecule has 0 amide bonds. The Bertz CT molecular complexity index is 616. The zero-order valence-corrected chi connectivity index (χ0v) is 11.5. The first-order valence-electron chi connectivity index (χ1n) is 6.07. The summed E-state index contributed by atoms with van der Waals surface area (Å²) in [5.74, 6) is -1.77. The summed E-state index contributed by atoms with van der Waals surface area (Å²) in [7, 11) is 1.67. The summed E-state index contributed by atoms with van der Waals surface area (Å²) in [6, 6.07) is 7.49. The lowest BCUT2D eigenvalue weighted by Gasteiger charge is -2.17. The largest absolute Gasteiger partial charge is 0.313 e. The maximum absolute atomic E-state index is 13.8. The van der Waals surface area contributed by atoms with Gasteiger partial charge in [-0.25, -0.2) is 13.2 Å². The molecule has 0 saturated carbocycles. The molecule has 1 N–H and O–H groups in total. The zero-order chi connectivity index (χ0) is 14.7. The van der Waals surface area contributed by atoms with Crippen LogP contribution in [0.3, 0.4) is 0 Å². The van der Waals surface area contributed by atoms with Crippen LogP contribution in [0, 0.1) is 17.5 Å². The van der Waals surface area contributed by atoms with Crippen LogP contribution in [0.2, 0.25) is 5.02 Å². The van der Waals surface area contributed by atoms with Gasteiger partial charge in [0.05, 0.1) is 5.02 Å². The van der Waals surface area contributed by atoms with Gasteiger partial charge in [-0.2, -0.15) is 0 Å². The van der Waals surface area contributed by atoms with Crippen molar-refractivity contribution >= 4 is 11.6 Å². The molecule has 0 saturated heterocycles. The van der Waals surface area contributed by atoms with Crippen LogP contribution in [0.1, 0.15) is 17.2 Å². The molecule has 2 rings (SSSR count). The van der Waals surface area contributed by atoms with E-state index in [4.69, 9.17) is 11.6 Å². The van der Waals surface area contributed by atoms with E-state index < -0.39 is 17.5 Å². The fraction of sp³-hybridized carbons (Fsp3) is 0.200. The quantitative estimate of drug-likeness (QED) is 0.889. The molecule has 0 heterocycles. The summed E-state index contributed by atoms with van der Waals surface area (Å²) in [4.78, 5) is 0. The third-order valence-corrected chi connectivity index (χ3v) is 3.42. The van der Waals surface area contributed by atoms with Crippen molar-refractivity contribution in [3.63, 3.8) is 0 Å². The van der Waals surface area contributed by atoms with E-state index in [1.807, 2.05) is 0 Å². The van der Waals surface area contributed by atoms with Gasteiger partial charge in [0, 0.05) is 17.7 Å². The minimum absolute atomic E-state index is 0.0442. The monoisotopic (exact) mass is 299 g/mol. The molecule has 0 aliphatic heterocycles. The van der Waals surface area contributed by atoms with E-state index in [1.165, 1.54) is 24.3 Å². The molecule has 0 aliphatic rings. The average Bonchev–Trinajstić information content (AvgIpc) is 2.41. The van der Waals surface area contributed by atoms with Crippen molar-refractivity contribution < 1.29 is 13.2 Å². The Kier molecular flexibility index (Phi) is 4.68. The van der Waals surface area contributed by atoms with Gasteiger partial charge in [-0.1, -0.05) is 23.7 Å². The first kappa shape index (κ1) is 14.9. The van der Waals surface area contributed by atoms with Crippen LogP contribution in [-0.4, -0.2) is 7.05 Å². The minimum Gasteiger partial charge on any atom is -0.313 e. The number of hydrogen-bond donors (Lipinski definition) is 1. The summed E-state index contributed by atoms with van der Waals surface area (Å²) >= 11 is 5.62. The van der Waals surface area contributed by atoms with Crippen molar-refractivity contribution in [3.8, 4) is 0 Å². The molecule has 20 heavy (non-hydrogen) atoms. The van der Waals surface area contributed by atoms with Gasteiger partial charge in [-0.3, -0.25) is 0 Å². The number of halogens is 4. The van der Waals surface area contributed by atoms with E-state index in [9.17, 15) is 13.2 Å². The van der Waals surface area contributed by atoms with Gasteiger partial charge in [0.1, 0.15) is 17.5 Å². The van der Waals surface area contributed by atoms with Crippen molar-refractivity contribution in [2.24, 2.45) is 0 Å². The van der Waals surface area contributed by atoms with Crippen LogP contribution in [0.4, 0.5) is 13.2 Å². The molecule has 106 valence electrons. The van der Waals surface area contributed by atoms with Gasteiger partial charge in [0.25, 0.3) is 0 Å². The number of hydrogen-bond acceptors (Lipinski definition) is 1. The van der Waals surface area contributed by atoms with E-state index in [0.29, 0.717) is 17.5 Å². The van der Waals surface area contributed by atoms with Crippen LogP contribution >= 0.6 is 11.6 Å². The minimum atomic E-state index is -0.626. The van der Waals surface area contributed by atoms with E-state index in [1.54, 1.807) is 13.1 Å². The highest BCUT2D eigenvalue weighted by atomic mass is 35.5. The Labute approximate surface area is 120 Å². The Morgan fingerprint density at radius 2 is 1.80 bits per heavy atom. The number of nitrogens with one attached hydrogen (secondary N) is 1. The highest BCUT2D eigenvalue weighted by molar-refractivity contribution is 6.30. The normalized spacial score (nSPS) is 12.4. The highest BCUT2D eigenvalue weighted by Crippen LogP contribution is 2.23. The van der Waals surface area contributed by atoms with Crippen LogP contribution in [0.25, 0.3) is 0 Å². The van der Waals surface area contributed by atoms with Crippen LogP contribution in [0.15, 0.2) is 36.4 Å². The molecule has 1 atom stereocenters. The molecular formula is C15H13ClF3N. The number of likely N-dealkylation sites (N-methyl/N-ethyl adjacent to an activating group) is 1. The molecule has 1 unspecified atom stereocenters. The molecule has 0 fully saturated rings. The van der Waals surface area contributed by atoms with E-state index in [2.05, 4.69) is 5.32 Å². The Morgan fingerprint density at radius 1 is 1.05 bits per heavy atom. The third-order valence-electron chi connectivity index (χ3n) is 3.11. The molecular weight excluding hydrogens is 287 g/mol. The van der Waals surface area contributed by atoms with Crippen molar-refractivity contribution in [2.45, 2.75) is 12.5 Å². The molecule has 2 aromatic rings. The molecule has 0 aromatic heterocycles. The molecule has 1 nitrogen and oxygen atoms in total. The second kappa shape index (κ2) is 6.29. The molecule has 0 spiro atoms. The van der Waals surface area contributed by atoms with E-state index >= 15 is 0 Å². The topological polar surface area (TPSA) is 12.0 Å². The Hall–Kier alpha value is -1.52. The molecule has 2 aromatic carbocycles. The zero-order valence-electron chi connectivity index (χ0n) is 10.8. The lowest BCUT2D eigenvalue weighted by Crippen LogP contribution is -2.20. The summed E-state index contributed by atoms with van der Waals surface area (Å²) in [5, 5.41) is 2.99.